The predicted molar refractivity (Wildman–Crippen MR) is 389 cm³/mol. The van der Waals surface area contributed by atoms with Gasteiger partial charge in [-0.3, -0.25) is 0 Å². The molecule has 0 aliphatic rings. The first-order valence-corrected chi connectivity index (χ1v) is 22.3. The van der Waals surface area contributed by atoms with Crippen LogP contribution in [0.4, 0.5) is 0 Å². The molecule has 0 saturated carbocycles. The summed E-state index contributed by atoms with van der Waals surface area (Å²) in [5.41, 5.74) is -1.68. The number of hydrogen-bond acceptors (Lipinski definition) is 0. The summed E-state index contributed by atoms with van der Waals surface area (Å²) < 4.78 is 0. The Balaban J connectivity index is 11.5. The Morgan fingerprint density at radius 1 is 0.132 bits per heavy atom. The lowest BCUT2D eigenvalue weighted by molar-refractivity contribution is 1.80. The van der Waals surface area contributed by atoms with E-state index in [1.807, 2.05) is 0 Å². The molecule has 67 heteroatoms. The highest BCUT2D eigenvalue weighted by Gasteiger charge is 2.63. The van der Waals surface area contributed by atoms with Gasteiger partial charge >= 0.3 is 0 Å². The molecule has 0 rings (SSSR count). The van der Waals surface area contributed by atoms with Crippen LogP contribution in [0.2, 0.25) is 5.62 Å². The van der Waals surface area contributed by atoms with Crippen LogP contribution in [-0.4, -0.2) is 475 Å². The van der Waals surface area contributed by atoms with E-state index < -0.39 is 210 Å². The van der Waals surface area contributed by atoms with E-state index in [1.54, 1.807) is 0 Å². The molecule has 68 heavy (non-hydrogen) atoms. The lowest BCUT2D eigenvalue weighted by Crippen LogP contribution is -2.93. The predicted octanol–water partition coefficient (Wildman–Crippen LogP) is -25.2. The fourth-order valence-corrected chi connectivity index (χ4v) is 11.8. The lowest BCUT2D eigenvalue weighted by Gasteiger charge is -2.61. The van der Waals surface area contributed by atoms with E-state index in [2.05, 4.69) is 0 Å². The average Bonchev–Trinajstić information content (AvgIpc) is 3.11. The van der Waals surface area contributed by atoms with Crippen LogP contribution < -0.4 is 0 Å². The third kappa shape index (κ3) is 19.3. The SMILES string of the molecule is [B]B([B])B([B])B(B(B([B])[B])B([B])[B])B(B(B([B])[B])B([B])[B])C(B(B(B([B])[B])B([B])[B])B(B([B])[B])B([B])[B])B(B(B(B([B])[B])B([B])[B])B(B([B])[B])B([B])[B])B(B(B([B])[B])B([B])[B])B(B([B])[B])B([B])[B]. The molecule has 0 nitrogen and oxygen atoms in total. The Kier molecular flexibility index (Phi) is 35.2. The quantitative estimate of drug-likeness (QED) is 0.0603. The van der Waals surface area contributed by atoms with E-state index in [4.69, 9.17) is 271 Å². The molecule has 0 aliphatic heterocycles. The minimum absolute atomic E-state index is 1.39. The van der Waals surface area contributed by atoms with Gasteiger partial charge in [-0.25, -0.2) is 0 Å². The molecule has 206 valence electrons. The van der Waals surface area contributed by atoms with E-state index in [-0.39, 0.29) is 0 Å². The van der Waals surface area contributed by atoms with Crippen LogP contribution in [0, 0.1) is 0 Å². The van der Waals surface area contributed by atoms with Gasteiger partial charge in [0.1, 0.15) is 0 Å². The van der Waals surface area contributed by atoms with Gasteiger partial charge < -0.3 is 0 Å². The highest BCUT2D eigenvalue weighted by molar-refractivity contribution is 8.27. The van der Waals surface area contributed by atoms with Crippen molar-refractivity contribution in [3.05, 3.63) is 0 Å². The summed E-state index contributed by atoms with van der Waals surface area (Å²) in [5, 5.41) is 0. The third-order valence-corrected chi connectivity index (χ3v) is 14.2. The maximum Gasteiger partial charge on any atom is 0.0294 e. The molecule has 0 aromatic rings. The molecular weight excluding hydrogens is 736 g/mol. The van der Waals surface area contributed by atoms with Crippen LogP contribution in [0.5, 0.6) is 0 Å². The van der Waals surface area contributed by atoms with E-state index in [9.17, 15) is 0 Å². The molecule has 0 aliphatic carbocycles. The van der Waals surface area contributed by atoms with Crippen molar-refractivity contribution in [2.45, 2.75) is 5.62 Å². The monoisotopic (exact) mass is 751 g/mol. The zero-order valence-corrected chi connectivity index (χ0v) is 39.3. The largest absolute Gasteiger partial charge is 0.146 e. The molecular formula is CHB67. The van der Waals surface area contributed by atoms with Gasteiger partial charge in [-0.1, -0.05) is 0 Å². The summed E-state index contributed by atoms with van der Waals surface area (Å²) in [6, 6.07) is 0. The molecule has 70 radical (unpaired) electrons. The smallest absolute Gasteiger partial charge is 0.0294 e. The van der Waals surface area contributed by atoms with Gasteiger partial charge in [-0.2, -0.15) is 0 Å². The summed E-state index contributed by atoms with van der Waals surface area (Å²) >= 11 is 0. The van der Waals surface area contributed by atoms with Gasteiger partial charge in [-0.05, 0) is 0 Å². The van der Waals surface area contributed by atoms with Gasteiger partial charge in [0, 0.05) is 475 Å². The first-order valence-electron chi connectivity index (χ1n) is 22.3. The Morgan fingerprint density at radius 2 is 0.265 bits per heavy atom. The van der Waals surface area contributed by atoms with E-state index >= 15 is 0 Å². The van der Waals surface area contributed by atoms with Crippen molar-refractivity contribution in [1.82, 2.24) is 0 Å². The summed E-state index contributed by atoms with van der Waals surface area (Å²) in [4.78, 5) is 0. The minimum Gasteiger partial charge on any atom is -0.146 e. The summed E-state index contributed by atoms with van der Waals surface area (Å²) in [6.45, 7) is -4.83. The summed E-state index contributed by atoms with van der Waals surface area (Å²) in [5.74, 6) is 0. The van der Waals surface area contributed by atoms with Crippen molar-refractivity contribution in [1.29, 1.82) is 0 Å². The zero-order chi connectivity index (χ0) is 54.1. The molecule has 1 unspecified atom stereocenters. The fourth-order valence-electron chi connectivity index (χ4n) is 11.8. The molecule has 0 bridgehead atoms. The molecule has 0 saturated heterocycles. The van der Waals surface area contributed by atoms with Gasteiger partial charge in [0.15, 0.2) is 0 Å². The van der Waals surface area contributed by atoms with E-state index in [0.29, 0.717) is 0 Å². The second kappa shape index (κ2) is 33.1. The van der Waals surface area contributed by atoms with Crippen LogP contribution in [0.3, 0.4) is 0 Å². The van der Waals surface area contributed by atoms with Gasteiger partial charge in [0.2, 0.25) is 0 Å². The van der Waals surface area contributed by atoms with Crippen molar-refractivity contribution >= 4 is 475 Å². The van der Waals surface area contributed by atoms with Crippen molar-refractivity contribution in [3.8, 4) is 0 Å². The second-order valence-electron chi connectivity index (χ2n) is 19.1. The Morgan fingerprint density at radius 3 is 0.412 bits per heavy atom. The van der Waals surface area contributed by atoms with Crippen LogP contribution >= 0.6 is 0 Å². The van der Waals surface area contributed by atoms with Crippen LogP contribution in [0.15, 0.2) is 0 Å². The second-order valence-corrected chi connectivity index (χ2v) is 19.1. The Labute approximate surface area is 476 Å². The highest BCUT2D eigenvalue weighted by atomic mass is 13.7. The van der Waals surface area contributed by atoms with E-state index in [0.717, 1.165) is 0 Å². The van der Waals surface area contributed by atoms with E-state index in [1.165, 1.54) is 0 Å². The highest BCUT2D eigenvalue weighted by Crippen LogP contribution is 2.34. The normalized spacial score (nSPS) is 10.3. The number of rotatable bonds is 32. The van der Waals surface area contributed by atoms with Crippen LogP contribution in [-0.2, 0) is 0 Å². The molecule has 0 amide bonds. The standard InChI is InChI=1S/CHB67/c2-40(3)57(36)61(64(47(16)17)48(18)19)38(60(45(12)13)46(14)15)1(37(58(41(4)5)42(6)7)59(43(8)9)44(10)11)39(62(65(49(20)21)50(22)23)66(51(24)25)52(26)27)63(67(53(28)29)54(30)31)68(55(32)33)56(34)35/h1H. The van der Waals surface area contributed by atoms with Crippen molar-refractivity contribution in [2.24, 2.45) is 0 Å². The summed E-state index contributed by atoms with van der Waals surface area (Å²) in [7, 11) is 235. The van der Waals surface area contributed by atoms with Crippen molar-refractivity contribution in [3.63, 3.8) is 0 Å². The van der Waals surface area contributed by atoms with Crippen molar-refractivity contribution in [2.75, 3.05) is 0 Å². The maximum absolute atomic E-state index is 7.13. The maximum atomic E-state index is 7.13. The zero-order valence-electron chi connectivity index (χ0n) is 39.3. The molecule has 1 atom stereocenters. The third-order valence-electron chi connectivity index (χ3n) is 14.2. The van der Waals surface area contributed by atoms with Gasteiger partial charge in [0.05, 0.1) is 0 Å². The average molecular weight is 737 g/mol. The molecule has 0 spiro atoms. The minimum atomic E-state index is -1.68. The number of hydrogen-bond donors (Lipinski definition) is 0. The Bertz CT molecular complexity index is 1120. The van der Waals surface area contributed by atoms with Crippen LogP contribution in [0.1, 0.15) is 0 Å². The van der Waals surface area contributed by atoms with Crippen LogP contribution in [0.25, 0.3) is 0 Å². The topological polar surface area (TPSA) is 0 Å². The first-order chi connectivity index (χ1) is 30.9. The molecule has 0 heterocycles. The summed E-state index contributed by atoms with van der Waals surface area (Å²) in [6.07, 6.45) is -44.1. The first kappa shape index (κ1) is 72.4. The molecule has 0 fully saturated rings. The van der Waals surface area contributed by atoms with Gasteiger partial charge in [0.25, 0.3) is 0 Å². The molecule has 0 N–H and O–H groups in total. The van der Waals surface area contributed by atoms with Crippen molar-refractivity contribution < 1.29 is 0 Å². The lowest BCUT2D eigenvalue weighted by atomic mass is 8.30. The molecule has 0 aromatic heterocycles. The van der Waals surface area contributed by atoms with Gasteiger partial charge in [-0.15, -0.1) is 5.62 Å². The molecule has 0 aromatic carbocycles. The fraction of sp³-hybridized carbons (Fsp3) is 1.00. The Hall–Kier alpha value is 4.35.